The van der Waals surface area contributed by atoms with Gasteiger partial charge in [-0.25, -0.2) is 4.98 Å². The first-order valence-corrected chi connectivity index (χ1v) is 5.61. The van der Waals surface area contributed by atoms with Crippen molar-refractivity contribution in [3.05, 3.63) is 30.1 Å². The summed E-state index contributed by atoms with van der Waals surface area (Å²) in [6.07, 6.45) is 3.56. The van der Waals surface area contributed by atoms with Crippen molar-refractivity contribution in [1.82, 2.24) is 14.5 Å². The third-order valence-corrected chi connectivity index (χ3v) is 2.87. The number of carbonyl (C=O) groups excluding carboxylic acids is 1. The Morgan fingerprint density at radius 3 is 3.12 bits per heavy atom. The van der Waals surface area contributed by atoms with E-state index in [2.05, 4.69) is 15.3 Å². The van der Waals surface area contributed by atoms with Crippen molar-refractivity contribution in [2.24, 2.45) is 0 Å². The molecule has 0 aliphatic carbocycles. The van der Waals surface area contributed by atoms with Crippen LogP contribution in [0.1, 0.15) is 16.9 Å². The number of imidazole rings is 1. The van der Waals surface area contributed by atoms with Gasteiger partial charge in [0.25, 0.3) is 0 Å². The second kappa shape index (κ2) is 4.01. The average Bonchev–Trinajstić information content (AvgIpc) is 2.78. The Bertz CT molecular complexity index is 547. The van der Waals surface area contributed by atoms with E-state index in [1.165, 1.54) is 0 Å². The predicted molar refractivity (Wildman–Crippen MR) is 64.0 cm³/mol. The first kappa shape index (κ1) is 10.0. The van der Waals surface area contributed by atoms with Gasteiger partial charge in [-0.2, -0.15) is 0 Å². The summed E-state index contributed by atoms with van der Waals surface area (Å²) in [6, 6.07) is 5.60. The fraction of sp³-hybridized carbons (Fsp3) is 0.250. The topological polar surface area (TPSA) is 59.8 Å². The second-order valence-corrected chi connectivity index (χ2v) is 3.93. The van der Waals surface area contributed by atoms with Crippen LogP contribution in [0.15, 0.2) is 24.4 Å². The first-order valence-electron chi connectivity index (χ1n) is 5.61. The number of hydrogen-bond donors (Lipinski definition) is 1. The molecule has 5 nitrogen and oxygen atoms in total. The lowest BCUT2D eigenvalue weighted by Gasteiger charge is -2.15. The van der Waals surface area contributed by atoms with Gasteiger partial charge < -0.3 is 9.88 Å². The standard InChI is InChI=1S/C12H12N4O/c17-8-10-11(9-4-1-2-5-13-9)15-12-14-6-3-7-16(10)12/h1-2,4-5,8H,3,6-7H2,(H,14,15). The number of hydrogen-bond acceptors (Lipinski definition) is 4. The number of nitrogens with zero attached hydrogens (tertiary/aromatic N) is 3. The number of pyridine rings is 1. The van der Waals surface area contributed by atoms with Crippen LogP contribution in [0.4, 0.5) is 5.95 Å². The van der Waals surface area contributed by atoms with Crippen molar-refractivity contribution < 1.29 is 4.79 Å². The van der Waals surface area contributed by atoms with Crippen molar-refractivity contribution >= 4 is 12.2 Å². The van der Waals surface area contributed by atoms with E-state index < -0.39 is 0 Å². The van der Waals surface area contributed by atoms with Gasteiger partial charge in [0.2, 0.25) is 5.95 Å². The number of nitrogens with one attached hydrogen (secondary N) is 1. The summed E-state index contributed by atoms with van der Waals surface area (Å²) in [7, 11) is 0. The maximum Gasteiger partial charge on any atom is 0.204 e. The third kappa shape index (κ3) is 1.60. The highest BCUT2D eigenvalue weighted by Gasteiger charge is 2.20. The zero-order valence-electron chi connectivity index (χ0n) is 9.26. The van der Waals surface area contributed by atoms with Gasteiger partial charge in [0, 0.05) is 19.3 Å². The lowest BCUT2D eigenvalue weighted by Crippen LogP contribution is -2.18. The summed E-state index contributed by atoms with van der Waals surface area (Å²) < 4.78 is 1.92. The summed E-state index contributed by atoms with van der Waals surface area (Å²) in [6.45, 7) is 1.73. The Balaban J connectivity index is 2.17. The highest BCUT2D eigenvalue weighted by Crippen LogP contribution is 2.25. The predicted octanol–water partition coefficient (Wildman–Crippen LogP) is 1.57. The van der Waals surface area contributed by atoms with Crippen LogP contribution in [-0.4, -0.2) is 27.4 Å². The van der Waals surface area contributed by atoms with E-state index in [1.54, 1.807) is 6.20 Å². The zero-order chi connectivity index (χ0) is 11.7. The molecule has 1 N–H and O–H groups in total. The van der Waals surface area contributed by atoms with Gasteiger partial charge in [0.05, 0.1) is 5.69 Å². The maximum atomic E-state index is 11.2. The smallest absolute Gasteiger partial charge is 0.204 e. The Hall–Kier alpha value is -2.17. The number of anilines is 1. The Kier molecular flexibility index (Phi) is 2.36. The number of rotatable bonds is 2. The lowest BCUT2D eigenvalue weighted by molar-refractivity contribution is 0.111. The fourth-order valence-electron chi connectivity index (χ4n) is 2.07. The van der Waals surface area contributed by atoms with Crippen LogP contribution in [0.3, 0.4) is 0 Å². The van der Waals surface area contributed by atoms with Crippen LogP contribution in [0.2, 0.25) is 0 Å². The minimum atomic E-state index is 0.603. The van der Waals surface area contributed by atoms with Crippen molar-refractivity contribution in [3.8, 4) is 11.4 Å². The van der Waals surface area contributed by atoms with Crippen molar-refractivity contribution in [1.29, 1.82) is 0 Å². The summed E-state index contributed by atoms with van der Waals surface area (Å²) in [5.41, 5.74) is 1.99. The van der Waals surface area contributed by atoms with Crippen molar-refractivity contribution in [2.75, 3.05) is 11.9 Å². The molecule has 0 aromatic carbocycles. The van der Waals surface area contributed by atoms with Gasteiger partial charge in [0.1, 0.15) is 11.4 Å². The molecule has 3 heterocycles. The van der Waals surface area contributed by atoms with E-state index in [0.29, 0.717) is 11.4 Å². The number of carbonyl (C=O) groups is 1. The molecule has 2 aromatic rings. The van der Waals surface area contributed by atoms with Crippen LogP contribution < -0.4 is 5.32 Å². The quantitative estimate of drug-likeness (QED) is 0.793. The summed E-state index contributed by atoms with van der Waals surface area (Å²) in [5, 5.41) is 3.19. The third-order valence-electron chi connectivity index (χ3n) is 2.87. The minimum Gasteiger partial charge on any atom is -0.356 e. The highest BCUT2D eigenvalue weighted by atomic mass is 16.1. The van der Waals surface area contributed by atoms with E-state index in [0.717, 1.165) is 37.4 Å². The van der Waals surface area contributed by atoms with Crippen LogP contribution in [-0.2, 0) is 6.54 Å². The summed E-state index contributed by atoms with van der Waals surface area (Å²) in [5.74, 6) is 0.763. The van der Waals surface area contributed by atoms with Gasteiger partial charge in [-0.05, 0) is 18.6 Å². The van der Waals surface area contributed by atoms with Crippen LogP contribution in [0, 0.1) is 0 Å². The molecule has 0 amide bonds. The second-order valence-electron chi connectivity index (χ2n) is 3.93. The lowest BCUT2D eigenvalue weighted by atomic mass is 10.2. The van der Waals surface area contributed by atoms with Crippen LogP contribution in [0.25, 0.3) is 11.4 Å². The number of aromatic nitrogens is 3. The number of aldehydes is 1. The molecular weight excluding hydrogens is 216 g/mol. The van der Waals surface area contributed by atoms with Gasteiger partial charge in [0.15, 0.2) is 6.29 Å². The van der Waals surface area contributed by atoms with E-state index in [1.807, 2.05) is 22.8 Å². The molecule has 0 saturated heterocycles. The maximum absolute atomic E-state index is 11.2. The molecule has 2 aromatic heterocycles. The minimum absolute atomic E-state index is 0.603. The molecular formula is C12H12N4O. The van der Waals surface area contributed by atoms with E-state index in [-0.39, 0.29) is 0 Å². The Morgan fingerprint density at radius 1 is 1.41 bits per heavy atom. The first-order chi connectivity index (χ1) is 8.40. The molecule has 5 heteroatoms. The van der Waals surface area contributed by atoms with Gasteiger partial charge in [-0.15, -0.1) is 0 Å². The summed E-state index contributed by atoms with van der Waals surface area (Å²) in [4.78, 5) is 19.9. The van der Waals surface area contributed by atoms with Gasteiger partial charge in [-0.3, -0.25) is 9.78 Å². The Labute approximate surface area is 98.5 Å². The SMILES string of the molecule is O=Cc1c(-c2ccccn2)nc2n1CCCN2. The molecule has 0 radical (unpaired) electrons. The molecule has 0 spiro atoms. The molecule has 3 rings (SSSR count). The Morgan fingerprint density at radius 2 is 2.35 bits per heavy atom. The zero-order valence-corrected chi connectivity index (χ0v) is 9.26. The molecule has 1 aliphatic heterocycles. The van der Waals surface area contributed by atoms with Gasteiger partial charge >= 0.3 is 0 Å². The molecule has 0 atom stereocenters. The fourth-order valence-corrected chi connectivity index (χ4v) is 2.07. The van der Waals surface area contributed by atoms with E-state index >= 15 is 0 Å². The molecule has 0 unspecified atom stereocenters. The number of fused-ring (bicyclic) bond motifs is 1. The normalized spacial score (nSPS) is 13.9. The van der Waals surface area contributed by atoms with Crippen molar-refractivity contribution in [3.63, 3.8) is 0 Å². The van der Waals surface area contributed by atoms with Crippen LogP contribution in [0.5, 0.6) is 0 Å². The summed E-state index contributed by atoms with van der Waals surface area (Å²) >= 11 is 0. The molecule has 17 heavy (non-hydrogen) atoms. The van der Waals surface area contributed by atoms with Crippen molar-refractivity contribution in [2.45, 2.75) is 13.0 Å². The molecule has 0 fully saturated rings. The monoisotopic (exact) mass is 228 g/mol. The molecule has 0 bridgehead atoms. The van der Waals surface area contributed by atoms with Crippen LogP contribution >= 0.6 is 0 Å². The highest BCUT2D eigenvalue weighted by molar-refractivity contribution is 5.84. The molecule has 1 aliphatic rings. The van der Waals surface area contributed by atoms with Gasteiger partial charge in [-0.1, -0.05) is 6.07 Å². The largest absolute Gasteiger partial charge is 0.356 e. The van der Waals surface area contributed by atoms with E-state index in [4.69, 9.17) is 0 Å². The van der Waals surface area contributed by atoms with E-state index in [9.17, 15) is 4.79 Å². The molecule has 86 valence electrons. The average molecular weight is 228 g/mol. The molecule has 0 saturated carbocycles.